The predicted octanol–water partition coefficient (Wildman–Crippen LogP) is 1.84. The number of amides is 3. The molecular formula is C17H25N5O2. The number of benzene rings is 1. The Hall–Kier alpha value is -2.57. The minimum Gasteiger partial charge on any atom is -0.345 e. The first kappa shape index (κ1) is 17.8. The molecule has 0 radical (unpaired) electrons. The molecule has 0 bridgehead atoms. The van der Waals surface area contributed by atoms with Gasteiger partial charge in [0.05, 0.1) is 17.4 Å². The van der Waals surface area contributed by atoms with Crippen LogP contribution in [0.3, 0.4) is 0 Å². The van der Waals surface area contributed by atoms with Crippen molar-refractivity contribution in [3.05, 3.63) is 30.1 Å². The van der Waals surface area contributed by atoms with E-state index in [9.17, 15) is 9.59 Å². The average molecular weight is 331 g/mol. The number of urea groups is 1. The number of carbonyl (C=O) groups is 2. The van der Waals surface area contributed by atoms with Gasteiger partial charge < -0.3 is 20.1 Å². The van der Waals surface area contributed by atoms with Crippen molar-refractivity contribution < 1.29 is 9.59 Å². The van der Waals surface area contributed by atoms with E-state index in [0.29, 0.717) is 18.7 Å². The summed E-state index contributed by atoms with van der Waals surface area (Å²) >= 11 is 0. The van der Waals surface area contributed by atoms with Crippen LogP contribution in [0.25, 0.3) is 11.0 Å². The molecule has 0 saturated heterocycles. The highest BCUT2D eigenvalue weighted by molar-refractivity contribution is 5.97. The SMILES string of the molecule is CN(C)C(=O)c1ccc2c(c1)ncn2CCNC(=O)NC(C)(C)C. The molecule has 7 nitrogen and oxygen atoms in total. The van der Waals surface area contributed by atoms with Crippen LogP contribution in [-0.2, 0) is 6.54 Å². The second-order valence-electron chi connectivity index (χ2n) is 6.97. The molecule has 1 heterocycles. The summed E-state index contributed by atoms with van der Waals surface area (Å²) in [5.41, 5.74) is 2.05. The highest BCUT2D eigenvalue weighted by Crippen LogP contribution is 2.15. The molecule has 2 rings (SSSR count). The van der Waals surface area contributed by atoms with Crippen molar-refractivity contribution in [2.75, 3.05) is 20.6 Å². The van der Waals surface area contributed by atoms with Crippen molar-refractivity contribution in [2.45, 2.75) is 32.9 Å². The van der Waals surface area contributed by atoms with Crippen LogP contribution in [0.1, 0.15) is 31.1 Å². The van der Waals surface area contributed by atoms with Gasteiger partial charge in [-0.2, -0.15) is 0 Å². The van der Waals surface area contributed by atoms with E-state index in [0.717, 1.165) is 11.0 Å². The van der Waals surface area contributed by atoms with Gasteiger partial charge in [-0.1, -0.05) is 0 Å². The molecule has 0 atom stereocenters. The zero-order valence-corrected chi connectivity index (χ0v) is 14.9. The summed E-state index contributed by atoms with van der Waals surface area (Å²) in [5, 5.41) is 5.68. The van der Waals surface area contributed by atoms with Gasteiger partial charge in [0, 0.05) is 38.3 Å². The maximum Gasteiger partial charge on any atom is 0.315 e. The number of imidazole rings is 1. The van der Waals surface area contributed by atoms with Crippen LogP contribution < -0.4 is 10.6 Å². The summed E-state index contributed by atoms with van der Waals surface area (Å²) in [4.78, 5) is 29.6. The molecule has 2 aromatic rings. The van der Waals surface area contributed by atoms with Crippen LogP contribution in [0, 0.1) is 0 Å². The number of aromatic nitrogens is 2. The first-order chi connectivity index (χ1) is 11.2. The van der Waals surface area contributed by atoms with Gasteiger partial charge in [0.15, 0.2) is 0 Å². The van der Waals surface area contributed by atoms with Crippen LogP contribution in [0.4, 0.5) is 4.79 Å². The number of carbonyl (C=O) groups excluding carboxylic acids is 2. The lowest BCUT2D eigenvalue weighted by molar-refractivity contribution is 0.0827. The molecular weight excluding hydrogens is 306 g/mol. The van der Waals surface area contributed by atoms with Gasteiger partial charge in [0.25, 0.3) is 5.91 Å². The summed E-state index contributed by atoms with van der Waals surface area (Å²) < 4.78 is 1.95. The second kappa shape index (κ2) is 6.90. The quantitative estimate of drug-likeness (QED) is 0.897. The lowest BCUT2D eigenvalue weighted by Crippen LogP contribution is -2.47. The molecule has 3 amide bonds. The van der Waals surface area contributed by atoms with Crippen molar-refractivity contribution in [3.8, 4) is 0 Å². The number of nitrogens with one attached hydrogen (secondary N) is 2. The summed E-state index contributed by atoms with van der Waals surface area (Å²) in [6.45, 7) is 6.90. The molecule has 0 fully saturated rings. The fourth-order valence-electron chi connectivity index (χ4n) is 2.31. The van der Waals surface area contributed by atoms with E-state index in [1.165, 1.54) is 4.90 Å². The van der Waals surface area contributed by atoms with Gasteiger partial charge >= 0.3 is 6.03 Å². The lowest BCUT2D eigenvalue weighted by Gasteiger charge is -2.20. The van der Waals surface area contributed by atoms with E-state index in [2.05, 4.69) is 15.6 Å². The second-order valence-corrected chi connectivity index (χ2v) is 6.97. The van der Waals surface area contributed by atoms with Gasteiger partial charge in [-0.15, -0.1) is 0 Å². The third-order valence-electron chi connectivity index (χ3n) is 3.40. The molecule has 0 spiro atoms. The Morgan fingerprint density at radius 2 is 1.96 bits per heavy atom. The summed E-state index contributed by atoms with van der Waals surface area (Å²) in [7, 11) is 3.44. The molecule has 2 N–H and O–H groups in total. The van der Waals surface area contributed by atoms with Crippen LogP contribution >= 0.6 is 0 Å². The minimum absolute atomic E-state index is 0.0491. The number of hydrogen-bond acceptors (Lipinski definition) is 3. The van der Waals surface area contributed by atoms with Gasteiger partial charge in [-0.3, -0.25) is 4.79 Å². The van der Waals surface area contributed by atoms with Gasteiger partial charge in [0.2, 0.25) is 0 Å². The Kier molecular flexibility index (Phi) is 5.11. The zero-order valence-electron chi connectivity index (χ0n) is 14.9. The Morgan fingerprint density at radius 1 is 1.25 bits per heavy atom. The zero-order chi connectivity index (χ0) is 17.9. The molecule has 0 aliphatic carbocycles. The number of hydrogen-bond donors (Lipinski definition) is 2. The molecule has 24 heavy (non-hydrogen) atoms. The normalized spacial score (nSPS) is 11.4. The van der Waals surface area contributed by atoms with E-state index in [4.69, 9.17) is 0 Å². The minimum atomic E-state index is -0.263. The van der Waals surface area contributed by atoms with E-state index < -0.39 is 0 Å². The Bertz CT molecular complexity index is 743. The highest BCUT2D eigenvalue weighted by atomic mass is 16.2. The van der Waals surface area contributed by atoms with E-state index in [1.807, 2.05) is 31.4 Å². The standard InChI is InChI=1S/C17H25N5O2/c1-17(2,3)20-16(24)18-8-9-22-11-19-13-10-12(6-7-14(13)22)15(23)21(4)5/h6-7,10-11H,8-9H2,1-5H3,(H2,18,20,24). The Labute approximate surface area is 142 Å². The predicted molar refractivity (Wildman–Crippen MR) is 94.0 cm³/mol. The topological polar surface area (TPSA) is 79.3 Å². The van der Waals surface area contributed by atoms with Gasteiger partial charge in [0.1, 0.15) is 0 Å². The number of fused-ring (bicyclic) bond motifs is 1. The smallest absolute Gasteiger partial charge is 0.315 e. The Morgan fingerprint density at radius 3 is 2.58 bits per heavy atom. The monoisotopic (exact) mass is 331 g/mol. The van der Waals surface area contributed by atoms with Gasteiger partial charge in [-0.25, -0.2) is 9.78 Å². The summed E-state index contributed by atoms with van der Waals surface area (Å²) in [6, 6.07) is 5.27. The number of nitrogens with zero attached hydrogens (tertiary/aromatic N) is 3. The van der Waals surface area contributed by atoms with Crippen molar-refractivity contribution in [1.29, 1.82) is 0 Å². The molecule has 1 aromatic heterocycles. The average Bonchev–Trinajstić information content (AvgIpc) is 2.87. The Balaban J connectivity index is 2.01. The fourth-order valence-corrected chi connectivity index (χ4v) is 2.31. The maximum absolute atomic E-state index is 12.0. The van der Waals surface area contributed by atoms with Crippen molar-refractivity contribution in [2.24, 2.45) is 0 Å². The van der Waals surface area contributed by atoms with Crippen molar-refractivity contribution >= 4 is 23.0 Å². The summed E-state index contributed by atoms with van der Waals surface area (Å²) in [6.07, 6.45) is 1.72. The van der Waals surface area contributed by atoms with E-state index >= 15 is 0 Å². The maximum atomic E-state index is 12.0. The highest BCUT2D eigenvalue weighted by Gasteiger charge is 2.13. The van der Waals surface area contributed by atoms with Gasteiger partial charge in [-0.05, 0) is 39.0 Å². The lowest BCUT2D eigenvalue weighted by atomic mass is 10.1. The van der Waals surface area contributed by atoms with E-state index in [-0.39, 0.29) is 17.5 Å². The van der Waals surface area contributed by atoms with Crippen molar-refractivity contribution in [3.63, 3.8) is 0 Å². The van der Waals surface area contributed by atoms with Crippen LogP contribution in [0.15, 0.2) is 24.5 Å². The molecule has 1 aromatic carbocycles. The van der Waals surface area contributed by atoms with Crippen LogP contribution in [0.5, 0.6) is 0 Å². The first-order valence-corrected chi connectivity index (χ1v) is 7.90. The number of rotatable bonds is 4. The van der Waals surface area contributed by atoms with E-state index in [1.54, 1.807) is 32.6 Å². The molecule has 7 heteroatoms. The molecule has 130 valence electrons. The fraction of sp³-hybridized carbons (Fsp3) is 0.471. The first-order valence-electron chi connectivity index (χ1n) is 7.90. The molecule has 0 aliphatic rings. The third-order valence-corrected chi connectivity index (χ3v) is 3.40. The van der Waals surface area contributed by atoms with Crippen LogP contribution in [0.2, 0.25) is 0 Å². The largest absolute Gasteiger partial charge is 0.345 e. The molecule has 0 aliphatic heterocycles. The third kappa shape index (κ3) is 4.47. The molecule has 0 saturated carbocycles. The van der Waals surface area contributed by atoms with Crippen LogP contribution in [-0.4, -0.2) is 52.6 Å². The molecule has 0 unspecified atom stereocenters. The van der Waals surface area contributed by atoms with Crippen molar-refractivity contribution in [1.82, 2.24) is 25.1 Å². The summed E-state index contributed by atoms with van der Waals surface area (Å²) in [5.74, 6) is -0.0491.